The smallest absolute Gasteiger partial charge is 0.398 e. The largest absolute Gasteiger partial charge is 0.418 e. The highest BCUT2D eigenvalue weighted by molar-refractivity contribution is 6.04. The van der Waals surface area contributed by atoms with Gasteiger partial charge in [-0.3, -0.25) is 4.79 Å². The topological polar surface area (TPSA) is 86.1 Å². The zero-order valence-electron chi connectivity index (χ0n) is 26.4. The van der Waals surface area contributed by atoms with Crippen LogP contribution in [0, 0.1) is 11.7 Å². The van der Waals surface area contributed by atoms with Gasteiger partial charge in [0.05, 0.1) is 16.8 Å². The molecule has 5 nitrogen and oxygen atoms in total. The van der Waals surface area contributed by atoms with E-state index in [0.29, 0.717) is 41.1 Å². The molecule has 0 aliphatic heterocycles. The SMILES string of the molecule is CCc1ccc2ccc(-n3c(C(=O)Nc4cc(C(N)(CCC5CC5)c5ccccc5)ccc4F)cc(C(F)(F)F)c3CC)cc2c1N. The van der Waals surface area contributed by atoms with Crippen molar-refractivity contribution in [2.24, 2.45) is 11.7 Å². The van der Waals surface area contributed by atoms with Crippen molar-refractivity contribution >= 4 is 28.1 Å². The van der Waals surface area contributed by atoms with Gasteiger partial charge < -0.3 is 21.4 Å². The Balaban J connectivity index is 1.44. The van der Waals surface area contributed by atoms with Crippen LogP contribution in [0.1, 0.15) is 78.0 Å². The number of rotatable bonds is 10. The maximum Gasteiger partial charge on any atom is 0.418 e. The van der Waals surface area contributed by atoms with Gasteiger partial charge in [0.25, 0.3) is 5.91 Å². The van der Waals surface area contributed by atoms with E-state index < -0.39 is 29.0 Å². The minimum atomic E-state index is -4.72. The Labute approximate surface area is 271 Å². The molecule has 5 N–H and O–H groups in total. The van der Waals surface area contributed by atoms with E-state index in [4.69, 9.17) is 11.5 Å². The number of aryl methyl sites for hydroxylation is 1. The van der Waals surface area contributed by atoms with Gasteiger partial charge in [0.1, 0.15) is 11.5 Å². The number of nitrogens with zero attached hydrogens (tertiary/aromatic N) is 1. The maximum absolute atomic E-state index is 15.4. The van der Waals surface area contributed by atoms with Crippen molar-refractivity contribution < 1.29 is 22.4 Å². The van der Waals surface area contributed by atoms with E-state index in [1.54, 1.807) is 31.2 Å². The molecule has 1 heterocycles. The number of halogens is 4. The molecule has 1 saturated carbocycles. The molecule has 6 rings (SSSR count). The number of alkyl halides is 3. The second kappa shape index (κ2) is 12.5. The highest BCUT2D eigenvalue weighted by atomic mass is 19.4. The van der Waals surface area contributed by atoms with Crippen molar-refractivity contribution in [3.8, 4) is 5.69 Å². The van der Waals surface area contributed by atoms with Gasteiger partial charge >= 0.3 is 6.18 Å². The third-order valence-electron chi connectivity index (χ3n) is 9.41. The summed E-state index contributed by atoms with van der Waals surface area (Å²) in [7, 11) is 0. The summed E-state index contributed by atoms with van der Waals surface area (Å²) < 4.78 is 59.7. The number of hydrogen-bond acceptors (Lipinski definition) is 3. The van der Waals surface area contributed by atoms with Crippen molar-refractivity contribution in [3.63, 3.8) is 0 Å². The normalized spacial score (nSPS) is 14.7. The number of nitrogens with two attached hydrogens (primary N) is 2. The molecule has 9 heteroatoms. The lowest BCUT2D eigenvalue weighted by atomic mass is 9.79. The Kier molecular flexibility index (Phi) is 8.61. The van der Waals surface area contributed by atoms with E-state index in [9.17, 15) is 18.0 Å². The number of nitrogens with one attached hydrogen (secondary N) is 1. The van der Waals surface area contributed by atoms with Crippen molar-refractivity contribution in [2.45, 2.75) is 64.1 Å². The molecule has 1 aliphatic carbocycles. The van der Waals surface area contributed by atoms with E-state index >= 15 is 4.39 Å². The van der Waals surface area contributed by atoms with Crippen LogP contribution in [-0.2, 0) is 24.6 Å². The molecule has 244 valence electrons. The highest BCUT2D eigenvalue weighted by Crippen LogP contribution is 2.41. The van der Waals surface area contributed by atoms with Gasteiger partial charge in [0, 0.05) is 22.5 Å². The monoisotopic (exact) mass is 642 g/mol. The average molecular weight is 643 g/mol. The van der Waals surface area contributed by atoms with Crippen LogP contribution in [0.15, 0.2) is 84.9 Å². The summed E-state index contributed by atoms with van der Waals surface area (Å²) in [6.45, 7) is 3.57. The number of anilines is 2. The standard InChI is InChI=1S/C38H38F4N4O/c1-3-24-12-13-25-14-16-28(21-29(25)35(24)43)46-33(4-2)30(38(40,41)42)22-34(46)36(47)45-32-20-27(15-17-31(32)39)37(44,19-18-23-10-11-23)26-8-6-5-7-9-26/h5-9,12-17,20-23H,3-4,10-11,18-19,43-44H2,1-2H3,(H,45,47). The zero-order valence-corrected chi connectivity index (χ0v) is 26.4. The fourth-order valence-electron chi connectivity index (χ4n) is 6.54. The lowest BCUT2D eigenvalue weighted by Gasteiger charge is -2.31. The molecule has 1 aromatic heterocycles. The van der Waals surface area contributed by atoms with Crippen LogP contribution < -0.4 is 16.8 Å². The number of nitrogen functional groups attached to an aromatic ring is 1. The third kappa shape index (κ3) is 6.24. The zero-order chi connectivity index (χ0) is 33.5. The molecule has 0 bridgehead atoms. The van der Waals surface area contributed by atoms with Crippen LogP contribution in [0.2, 0.25) is 0 Å². The van der Waals surface area contributed by atoms with Crippen LogP contribution in [-0.4, -0.2) is 10.5 Å². The van der Waals surface area contributed by atoms with Crippen LogP contribution in [0.3, 0.4) is 0 Å². The van der Waals surface area contributed by atoms with Crippen LogP contribution in [0.4, 0.5) is 28.9 Å². The van der Waals surface area contributed by atoms with E-state index in [2.05, 4.69) is 5.32 Å². The van der Waals surface area contributed by atoms with E-state index in [1.807, 2.05) is 49.4 Å². The summed E-state index contributed by atoms with van der Waals surface area (Å²) in [6.07, 6.45) is -0.240. The van der Waals surface area contributed by atoms with Crippen LogP contribution in [0.25, 0.3) is 16.5 Å². The van der Waals surface area contributed by atoms with Crippen molar-refractivity contribution in [1.82, 2.24) is 4.57 Å². The minimum absolute atomic E-state index is 0.0117. The summed E-state index contributed by atoms with van der Waals surface area (Å²) in [5.41, 5.74) is 14.3. The van der Waals surface area contributed by atoms with Gasteiger partial charge in [-0.1, -0.05) is 81.3 Å². The highest BCUT2D eigenvalue weighted by Gasteiger charge is 2.38. The van der Waals surface area contributed by atoms with E-state index in [0.717, 1.165) is 41.8 Å². The molecule has 1 atom stereocenters. The number of fused-ring (bicyclic) bond motifs is 1. The fraction of sp³-hybridized carbons (Fsp3) is 0.289. The molecular formula is C38H38F4N4O. The first-order valence-electron chi connectivity index (χ1n) is 16.0. The molecule has 0 radical (unpaired) electrons. The average Bonchev–Trinajstić information content (AvgIpc) is 3.81. The molecule has 4 aromatic carbocycles. The number of amides is 1. The van der Waals surface area contributed by atoms with Gasteiger partial charge in [0.15, 0.2) is 0 Å². The number of hydrogen-bond donors (Lipinski definition) is 3. The maximum atomic E-state index is 15.4. The lowest BCUT2D eigenvalue weighted by molar-refractivity contribution is -0.138. The van der Waals surface area contributed by atoms with E-state index in [-0.39, 0.29) is 23.5 Å². The van der Waals surface area contributed by atoms with Crippen molar-refractivity contribution in [1.29, 1.82) is 0 Å². The van der Waals surface area contributed by atoms with E-state index in [1.165, 1.54) is 16.7 Å². The quantitative estimate of drug-likeness (QED) is 0.105. The molecule has 1 aliphatic rings. The van der Waals surface area contributed by atoms with Crippen molar-refractivity contribution in [2.75, 3.05) is 11.1 Å². The fourth-order valence-corrected chi connectivity index (χ4v) is 6.54. The Hall–Kier alpha value is -4.63. The first-order valence-corrected chi connectivity index (χ1v) is 16.0. The third-order valence-corrected chi connectivity index (χ3v) is 9.41. The van der Waals surface area contributed by atoms with Gasteiger partial charge in [0.2, 0.25) is 0 Å². The Morgan fingerprint density at radius 1 is 0.915 bits per heavy atom. The molecule has 0 saturated heterocycles. The lowest BCUT2D eigenvalue weighted by Crippen LogP contribution is -2.38. The van der Waals surface area contributed by atoms with Gasteiger partial charge in [-0.05, 0) is 84.0 Å². The summed E-state index contributed by atoms with van der Waals surface area (Å²) in [5, 5.41) is 4.07. The molecule has 1 unspecified atom stereocenters. The summed E-state index contributed by atoms with van der Waals surface area (Å²) >= 11 is 0. The predicted molar refractivity (Wildman–Crippen MR) is 179 cm³/mol. The van der Waals surface area contributed by atoms with Crippen LogP contribution in [0.5, 0.6) is 0 Å². The van der Waals surface area contributed by atoms with Crippen LogP contribution >= 0.6 is 0 Å². The number of benzene rings is 4. The predicted octanol–water partition coefficient (Wildman–Crippen LogP) is 9.14. The number of aromatic nitrogens is 1. The summed E-state index contributed by atoms with van der Waals surface area (Å²) in [4.78, 5) is 13.9. The molecule has 1 fully saturated rings. The van der Waals surface area contributed by atoms with Gasteiger partial charge in [-0.25, -0.2) is 4.39 Å². The molecule has 1 amide bonds. The first-order chi connectivity index (χ1) is 22.4. The molecular weight excluding hydrogens is 604 g/mol. The molecule has 5 aromatic rings. The molecule has 47 heavy (non-hydrogen) atoms. The first kappa shape index (κ1) is 32.3. The number of carbonyl (C=O) groups excluding carboxylic acids is 1. The summed E-state index contributed by atoms with van der Waals surface area (Å²) in [5.74, 6) is -1.01. The minimum Gasteiger partial charge on any atom is -0.398 e. The summed E-state index contributed by atoms with van der Waals surface area (Å²) in [6, 6.07) is 23.6. The second-order valence-corrected chi connectivity index (χ2v) is 12.4. The van der Waals surface area contributed by atoms with Crippen molar-refractivity contribution in [3.05, 3.63) is 124 Å². The Morgan fingerprint density at radius 3 is 2.30 bits per heavy atom. The number of carbonyl (C=O) groups is 1. The Bertz CT molecular complexity index is 1950. The molecule has 0 spiro atoms. The van der Waals surface area contributed by atoms with Gasteiger partial charge in [-0.2, -0.15) is 13.2 Å². The van der Waals surface area contributed by atoms with Gasteiger partial charge in [-0.15, -0.1) is 0 Å². The Morgan fingerprint density at radius 2 is 1.64 bits per heavy atom. The second-order valence-electron chi connectivity index (χ2n) is 12.4.